The lowest BCUT2D eigenvalue weighted by Gasteiger charge is -2.36. The van der Waals surface area contributed by atoms with Crippen LogP contribution in [-0.4, -0.2) is 65.0 Å². The monoisotopic (exact) mass is 605 g/mol. The normalized spacial score (nSPS) is 16.9. The molecule has 2 amide bonds. The molecule has 3 aromatic rings. The smallest absolute Gasteiger partial charge is 0.410 e. The Kier molecular flexibility index (Phi) is 10.2. The van der Waals surface area contributed by atoms with Crippen LogP contribution >= 0.6 is 11.3 Å². The highest BCUT2D eigenvalue weighted by Gasteiger charge is 2.41. The Hall–Kier alpha value is -4.22. The Morgan fingerprint density at radius 2 is 1.65 bits per heavy atom. The summed E-state index contributed by atoms with van der Waals surface area (Å²) in [5, 5.41) is 18.5. The van der Waals surface area contributed by atoms with Gasteiger partial charge in [-0.2, -0.15) is 0 Å². The highest BCUT2D eigenvalue weighted by Crippen LogP contribution is 2.33. The number of amides is 2. The number of ether oxygens (including phenoxy) is 1. The number of nitrogens with zero attached hydrogens (tertiary/aromatic N) is 2. The van der Waals surface area contributed by atoms with Crippen molar-refractivity contribution in [3.05, 3.63) is 93.7 Å². The molecule has 1 aromatic heterocycles. The number of rotatable bonds is 10. The number of oxime groups is 1. The Morgan fingerprint density at radius 1 is 1.05 bits per heavy atom. The van der Waals surface area contributed by atoms with E-state index in [-0.39, 0.29) is 11.6 Å². The molecule has 0 spiro atoms. The van der Waals surface area contributed by atoms with E-state index in [0.29, 0.717) is 22.7 Å². The minimum absolute atomic E-state index is 0.0940. The zero-order chi connectivity index (χ0) is 31.1. The molecule has 0 saturated carbocycles. The number of thiophene rings is 1. The molecule has 11 heteroatoms. The van der Waals surface area contributed by atoms with E-state index in [1.54, 1.807) is 32.9 Å². The van der Waals surface area contributed by atoms with Crippen LogP contribution in [0.2, 0.25) is 0 Å². The maximum Gasteiger partial charge on any atom is 0.410 e. The molecule has 5 N–H and O–H groups in total. The van der Waals surface area contributed by atoms with Gasteiger partial charge < -0.3 is 26.3 Å². The molecule has 0 bridgehead atoms. The molecule has 2 aromatic carbocycles. The van der Waals surface area contributed by atoms with Crippen molar-refractivity contribution in [3.63, 3.8) is 0 Å². The molecular formula is C32H39N5O5S. The third-order valence-corrected chi connectivity index (χ3v) is 8.42. The van der Waals surface area contributed by atoms with E-state index in [9.17, 15) is 19.6 Å². The molecule has 0 radical (unpaired) electrons. The van der Waals surface area contributed by atoms with Gasteiger partial charge in [-0.15, -0.1) is 11.3 Å². The number of Topliss-reactive ketones (excluding diaryl/α,β-unsaturated/α-hetero) is 1. The first-order valence-electron chi connectivity index (χ1n) is 14.2. The average Bonchev–Trinajstić information content (AvgIpc) is 3.71. The van der Waals surface area contributed by atoms with Crippen molar-refractivity contribution >= 4 is 35.0 Å². The molecule has 1 aliphatic rings. The van der Waals surface area contributed by atoms with Gasteiger partial charge in [0.1, 0.15) is 17.7 Å². The maximum absolute atomic E-state index is 14.5. The van der Waals surface area contributed by atoms with Gasteiger partial charge in [0.05, 0.1) is 10.9 Å². The summed E-state index contributed by atoms with van der Waals surface area (Å²) in [5.74, 6) is -1.41. The standard InChI is InChI=1S/C32H39N5O5S/c1-32(2,3)42-31(40)37(4)27(25(20-12-7-5-8-13-20)21-14-9-6-10-15-21)30(39)35-26(28(38)22-16-11-19-34-22)23-17-18-24(43-23)29(33)36-41/h5-10,12-15,17-18,22,25-27,34,41H,11,16,19H2,1-4H3,(H2,33,36)(H,35,39)/t22-,26?,27+/m0/s1. The summed E-state index contributed by atoms with van der Waals surface area (Å²) >= 11 is 1.15. The number of amidine groups is 1. The predicted molar refractivity (Wildman–Crippen MR) is 166 cm³/mol. The van der Waals surface area contributed by atoms with Gasteiger partial charge >= 0.3 is 6.09 Å². The fraction of sp³-hybridized carbons (Fsp3) is 0.375. The molecule has 10 nitrogen and oxygen atoms in total. The van der Waals surface area contributed by atoms with Crippen molar-refractivity contribution in [3.8, 4) is 0 Å². The highest BCUT2D eigenvalue weighted by atomic mass is 32.1. The zero-order valence-electron chi connectivity index (χ0n) is 24.8. The number of nitrogens with one attached hydrogen (secondary N) is 2. The van der Waals surface area contributed by atoms with Crippen molar-refractivity contribution in [2.75, 3.05) is 13.6 Å². The highest BCUT2D eigenvalue weighted by molar-refractivity contribution is 7.14. The Labute approximate surface area is 255 Å². The van der Waals surface area contributed by atoms with Gasteiger partial charge in [-0.1, -0.05) is 65.8 Å². The van der Waals surface area contributed by atoms with Crippen LogP contribution in [0.3, 0.4) is 0 Å². The Bertz CT molecular complexity index is 1390. The molecule has 1 aliphatic heterocycles. The molecular weight excluding hydrogens is 566 g/mol. The van der Waals surface area contributed by atoms with Gasteiger partial charge in [0.15, 0.2) is 11.6 Å². The second-order valence-electron chi connectivity index (χ2n) is 11.5. The zero-order valence-corrected chi connectivity index (χ0v) is 25.6. The summed E-state index contributed by atoms with van der Waals surface area (Å²) < 4.78 is 5.69. The van der Waals surface area contributed by atoms with Crippen LogP contribution in [0.15, 0.2) is 78.0 Å². The molecule has 228 valence electrons. The number of hydrogen-bond donors (Lipinski definition) is 4. The van der Waals surface area contributed by atoms with E-state index in [1.165, 1.54) is 11.9 Å². The van der Waals surface area contributed by atoms with E-state index >= 15 is 0 Å². The van der Waals surface area contributed by atoms with Gasteiger partial charge in [0, 0.05) is 17.8 Å². The minimum atomic E-state index is -1.09. The van der Waals surface area contributed by atoms with Crippen LogP contribution in [0.5, 0.6) is 0 Å². The summed E-state index contributed by atoms with van der Waals surface area (Å²) in [7, 11) is 1.54. The Morgan fingerprint density at radius 3 is 2.16 bits per heavy atom. The molecule has 1 unspecified atom stereocenters. The quantitative estimate of drug-likeness (QED) is 0.116. The van der Waals surface area contributed by atoms with E-state index in [1.807, 2.05) is 60.7 Å². The summed E-state index contributed by atoms with van der Waals surface area (Å²) in [6.07, 6.45) is 0.808. The summed E-state index contributed by atoms with van der Waals surface area (Å²) in [6, 6.07) is 19.7. The van der Waals surface area contributed by atoms with Crippen LogP contribution in [0.4, 0.5) is 4.79 Å². The Balaban J connectivity index is 1.80. The molecule has 0 aliphatic carbocycles. The van der Waals surface area contributed by atoms with Crippen molar-refractivity contribution in [1.29, 1.82) is 0 Å². The lowest BCUT2D eigenvalue weighted by molar-refractivity contribution is -0.131. The first-order valence-corrected chi connectivity index (χ1v) is 15.0. The topological polar surface area (TPSA) is 146 Å². The lowest BCUT2D eigenvalue weighted by atomic mass is 9.83. The largest absolute Gasteiger partial charge is 0.444 e. The number of carbonyl (C=O) groups excluding carboxylic acids is 3. The summed E-state index contributed by atoms with van der Waals surface area (Å²) in [4.78, 5) is 44.2. The lowest BCUT2D eigenvalue weighted by Crippen LogP contribution is -2.54. The molecule has 43 heavy (non-hydrogen) atoms. The van der Waals surface area contributed by atoms with E-state index in [4.69, 9.17) is 10.5 Å². The van der Waals surface area contributed by atoms with E-state index in [0.717, 1.165) is 28.9 Å². The van der Waals surface area contributed by atoms with Crippen molar-refractivity contribution < 1.29 is 24.3 Å². The second kappa shape index (κ2) is 13.8. The minimum Gasteiger partial charge on any atom is -0.444 e. The first kappa shape index (κ1) is 31.7. The molecule has 1 fully saturated rings. The first-order chi connectivity index (χ1) is 20.5. The number of benzene rings is 2. The predicted octanol–water partition coefficient (Wildman–Crippen LogP) is 4.39. The summed E-state index contributed by atoms with van der Waals surface area (Å²) in [5.41, 5.74) is 6.65. The van der Waals surface area contributed by atoms with Gasteiger partial charge in [-0.05, 0) is 63.4 Å². The second-order valence-corrected chi connectivity index (χ2v) is 12.6. The van der Waals surface area contributed by atoms with Crippen LogP contribution < -0.4 is 16.4 Å². The molecule has 1 saturated heterocycles. The SMILES string of the molecule is CN(C(=O)OC(C)(C)C)[C@@H](C(=O)NC(C(=O)[C@@H]1CCCN1)c1ccc(C(N)=NO)s1)C(c1ccccc1)c1ccccc1. The van der Waals surface area contributed by atoms with Gasteiger partial charge in [0.2, 0.25) is 5.91 Å². The van der Waals surface area contributed by atoms with Crippen molar-refractivity contribution in [1.82, 2.24) is 15.5 Å². The molecule has 2 heterocycles. The van der Waals surface area contributed by atoms with Gasteiger partial charge in [0.25, 0.3) is 0 Å². The fourth-order valence-electron chi connectivity index (χ4n) is 5.21. The van der Waals surface area contributed by atoms with Crippen molar-refractivity contribution in [2.45, 2.75) is 63.3 Å². The summed E-state index contributed by atoms with van der Waals surface area (Å²) in [6.45, 7) is 5.99. The van der Waals surface area contributed by atoms with Crippen LogP contribution in [0.25, 0.3) is 0 Å². The third-order valence-electron chi connectivity index (χ3n) is 7.25. The maximum atomic E-state index is 14.5. The number of likely N-dealkylation sites (N-methyl/N-ethyl adjacent to an activating group) is 1. The molecule has 3 atom stereocenters. The number of hydrogen-bond acceptors (Lipinski definition) is 8. The third kappa shape index (κ3) is 7.79. The van der Waals surface area contributed by atoms with Crippen LogP contribution in [-0.2, 0) is 14.3 Å². The average molecular weight is 606 g/mol. The molecule has 4 rings (SSSR count). The van der Waals surface area contributed by atoms with Gasteiger partial charge in [-0.25, -0.2) is 4.79 Å². The van der Waals surface area contributed by atoms with Crippen molar-refractivity contribution in [2.24, 2.45) is 10.9 Å². The van der Waals surface area contributed by atoms with Crippen LogP contribution in [0.1, 0.15) is 66.5 Å². The van der Waals surface area contributed by atoms with E-state index in [2.05, 4.69) is 15.8 Å². The van der Waals surface area contributed by atoms with Crippen LogP contribution in [0, 0.1) is 0 Å². The number of carbonyl (C=O) groups is 3. The fourth-order valence-corrected chi connectivity index (χ4v) is 6.17. The van der Waals surface area contributed by atoms with Gasteiger partial charge in [-0.3, -0.25) is 14.5 Å². The van der Waals surface area contributed by atoms with E-state index < -0.39 is 41.6 Å². The number of nitrogens with two attached hydrogens (primary N) is 1. The number of ketones is 1.